The monoisotopic (exact) mass is 412 g/mol. The number of hydrogen-bond donors (Lipinski definition) is 2. The van der Waals surface area contributed by atoms with Crippen molar-refractivity contribution in [1.29, 1.82) is 0 Å². The summed E-state index contributed by atoms with van der Waals surface area (Å²) in [6, 6.07) is 11.0. The molecule has 0 saturated heterocycles. The first-order valence-corrected chi connectivity index (χ1v) is 9.83. The normalized spacial score (nSPS) is 13.2. The van der Waals surface area contributed by atoms with Gasteiger partial charge in [0.05, 0.1) is 11.4 Å². The molecule has 150 valence electrons. The first kappa shape index (κ1) is 19.2. The van der Waals surface area contributed by atoms with E-state index < -0.39 is 0 Å². The van der Waals surface area contributed by atoms with Crippen molar-refractivity contribution in [3.8, 4) is 11.3 Å². The maximum absolute atomic E-state index is 12.6. The summed E-state index contributed by atoms with van der Waals surface area (Å²) in [4.78, 5) is 26.6. The molecule has 29 heavy (non-hydrogen) atoms. The van der Waals surface area contributed by atoms with E-state index in [9.17, 15) is 9.59 Å². The van der Waals surface area contributed by atoms with Crippen LogP contribution in [0.5, 0.6) is 0 Å². The Balaban J connectivity index is 1.33. The smallest absolute Gasteiger partial charge is 0.228 e. The number of carbonyl (C=O) groups excluding carboxylic acids is 2. The quantitative estimate of drug-likeness (QED) is 0.671. The molecule has 2 N–H and O–H groups in total. The summed E-state index contributed by atoms with van der Waals surface area (Å²) in [6.07, 6.45) is 1.06. The fraction of sp³-hybridized carbons (Fsp3) is 0.300. The van der Waals surface area contributed by atoms with Gasteiger partial charge in [-0.1, -0.05) is 23.7 Å². The minimum Gasteiger partial charge on any atom is -0.309 e. The van der Waals surface area contributed by atoms with E-state index in [0.717, 1.165) is 35.7 Å². The van der Waals surface area contributed by atoms with E-state index in [2.05, 4.69) is 20.6 Å². The van der Waals surface area contributed by atoms with Crippen molar-refractivity contribution in [3.63, 3.8) is 0 Å². The number of halogens is 1. The van der Waals surface area contributed by atoms with Crippen LogP contribution in [0.3, 0.4) is 0 Å². The Labute approximate surface area is 172 Å². The number of carbonyl (C=O) groups is 2. The Hall–Kier alpha value is -3.13. The molecule has 0 saturated carbocycles. The molecular weight excluding hydrogens is 392 g/mol. The van der Waals surface area contributed by atoms with Crippen molar-refractivity contribution in [2.45, 2.75) is 32.7 Å². The van der Waals surface area contributed by atoms with Gasteiger partial charge in [-0.25, -0.2) is 4.68 Å². The molecule has 0 fully saturated rings. The molecule has 1 aliphatic heterocycles. The van der Waals surface area contributed by atoms with Crippen molar-refractivity contribution in [2.75, 3.05) is 16.8 Å². The van der Waals surface area contributed by atoms with Crippen LogP contribution in [0.1, 0.15) is 25.0 Å². The van der Waals surface area contributed by atoms with E-state index in [1.807, 2.05) is 35.9 Å². The largest absolute Gasteiger partial charge is 0.309 e. The highest BCUT2D eigenvalue weighted by atomic mass is 35.5. The maximum Gasteiger partial charge on any atom is 0.228 e. The minimum absolute atomic E-state index is 0.0809. The Morgan fingerprint density at radius 3 is 2.90 bits per heavy atom. The molecule has 0 unspecified atom stereocenters. The average Bonchev–Trinajstić information content (AvgIpc) is 3.31. The lowest BCUT2D eigenvalue weighted by Gasteiger charge is -2.27. The van der Waals surface area contributed by atoms with Crippen LogP contribution in [0.25, 0.3) is 11.3 Å². The Morgan fingerprint density at radius 2 is 2.07 bits per heavy atom. The molecule has 0 radical (unpaired) electrons. The van der Waals surface area contributed by atoms with Crippen molar-refractivity contribution in [2.24, 2.45) is 0 Å². The van der Waals surface area contributed by atoms with Gasteiger partial charge in [-0.15, -0.1) is 0 Å². The van der Waals surface area contributed by atoms with Gasteiger partial charge in [0.15, 0.2) is 5.82 Å². The van der Waals surface area contributed by atoms with Crippen LogP contribution in [0.4, 0.5) is 11.6 Å². The van der Waals surface area contributed by atoms with E-state index in [1.54, 1.807) is 17.0 Å². The number of aromatic nitrogens is 4. The van der Waals surface area contributed by atoms with Crippen LogP contribution in [-0.2, 0) is 16.1 Å². The lowest BCUT2D eigenvalue weighted by molar-refractivity contribution is -0.122. The van der Waals surface area contributed by atoms with E-state index in [4.69, 9.17) is 11.6 Å². The molecular formula is C20H21ClN6O2. The molecule has 0 atom stereocenters. The topological polar surface area (TPSA) is 95.9 Å². The zero-order chi connectivity index (χ0) is 20.4. The number of fused-ring (bicyclic) bond motifs is 1. The Bertz CT molecular complexity index is 1060. The molecule has 3 aromatic rings. The summed E-state index contributed by atoms with van der Waals surface area (Å²) in [6.45, 7) is 3.36. The predicted octanol–water partition coefficient (Wildman–Crippen LogP) is 3.39. The molecule has 4 rings (SSSR count). The van der Waals surface area contributed by atoms with Crippen molar-refractivity contribution in [1.82, 2.24) is 20.0 Å². The summed E-state index contributed by atoms with van der Waals surface area (Å²) in [5.74, 6) is 0.869. The van der Waals surface area contributed by atoms with Crippen molar-refractivity contribution >= 4 is 35.1 Å². The Kier molecular flexibility index (Phi) is 5.35. The van der Waals surface area contributed by atoms with Crippen molar-refractivity contribution in [3.05, 3.63) is 47.1 Å². The summed E-state index contributed by atoms with van der Waals surface area (Å²) >= 11 is 6.01. The molecule has 0 aliphatic carbocycles. The molecule has 0 spiro atoms. The number of hydrogen-bond acceptors (Lipinski definition) is 4. The summed E-state index contributed by atoms with van der Waals surface area (Å²) in [5.41, 5.74) is 2.50. The number of aromatic amines is 1. The number of H-pyrrole nitrogens is 1. The van der Waals surface area contributed by atoms with Gasteiger partial charge < -0.3 is 5.32 Å². The third-order valence-electron chi connectivity index (χ3n) is 4.76. The fourth-order valence-electron chi connectivity index (χ4n) is 3.41. The van der Waals surface area contributed by atoms with Gasteiger partial charge in [0, 0.05) is 48.6 Å². The molecule has 2 aromatic heterocycles. The molecule has 1 aromatic carbocycles. The van der Waals surface area contributed by atoms with Gasteiger partial charge in [-0.2, -0.15) is 10.2 Å². The van der Waals surface area contributed by atoms with Crippen LogP contribution in [0.2, 0.25) is 5.02 Å². The van der Waals surface area contributed by atoms with E-state index >= 15 is 0 Å². The van der Waals surface area contributed by atoms with Crippen LogP contribution in [0.15, 0.2) is 36.4 Å². The zero-order valence-corrected chi connectivity index (χ0v) is 16.7. The molecule has 0 bridgehead atoms. The van der Waals surface area contributed by atoms with Gasteiger partial charge >= 0.3 is 0 Å². The first-order chi connectivity index (χ1) is 14.0. The number of aryl methyl sites for hydroxylation is 2. The van der Waals surface area contributed by atoms with Crippen LogP contribution < -0.4 is 10.2 Å². The van der Waals surface area contributed by atoms with Crippen molar-refractivity contribution < 1.29 is 9.59 Å². The van der Waals surface area contributed by atoms with Gasteiger partial charge in [-0.3, -0.25) is 19.6 Å². The average molecular weight is 413 g/mol. The third-order valence-corrected chi connectivity index (χ3v) is 4.99. The summed E-state index contributed by atoms with van der Waals surface area (Å²) in [5, 5.41) is 14.7. The molecule has 8 nitrogen and oxygen atoms in total. The lowest BCUT2D eigenvalue weighted by atomic mass is 10.1. The highest BCUT2D eigenvalue weighted by Crippen LogP contribution is 2.24. The molecule has 2 amide bonds. The second-order valence-electron chi connectivity index (χ2n) is 6.99. The number of nitrogens with one attached hydrogen (secondary N) is 2. The third kappa shape index (κ3) is 4.32. The predicted molar refractivity (Wildman–Crippen MR) is 111 cm³/mol. The number of anilines is 2. The SMILES string of the molecule is Cc1cc2n(n1)CCCN2C(=O)CCC(=O)Nc1cc(-c2cccc(Cl)c2)[nH]n1. The second-order valence-corrected chi connectivity index (χ2v) is 7.43. The molecule has 3 heterocycles. The number of nitrogens with zero attached hydrogens (tertiary/aromatic N) is 4. The van der Waals surface area contributed by atoms with Crippen LogP contribution in [0, 0.1) is 6.92 Å². The van der Waals surface area contributed by atoms with Gasteiger partial charge in [0.2, 0.25) is 11.8 Å². The number of rotatable bonds is 5. The highest BCUT2D eigenvalue weighted by Gasteiger charge is 2.24. The number of amides is 2. The van der Waals surface area contributed by atoms with Gasteiger partial charge in [0.25, 0.3) is 0 Å². The highest BCUT2D eigenvalue weighted by molar-refractivity contribution is 6.30. The minimum atomic E-state index is -0.260. The van der Waals surface area contributed by atoms with E-state index in [-0.39, 0.29) is 24.7 Å². The summed E-state index contributed by atoms with van der Waals surface area (Å²) in [7, 11) is 0. The lowest BCUT2D eigenvalue weighted by Crippen LogP contribution is -2.37. The fourth-order valence-corrected chi connectivity index (χ4v) is 3.60. The van der Waals surface area contributed by atoms with Gasteiger partial charge in [0.1, 0.15) is 5.82 Å². The summed E-state index contributed by atoms with van der Waals surface area (Å²) < 4.78 is 1.85. The van der Waals surface area contributed by atoms with Crippen LogP contribution >= 0.6 is 11.6 Å². The standard InChI is InChI=1S/C20H21ClN6O2/c1-13-10-19-26(8-3-9-27(19)25-13)20(29)7-6-18(28)22-17-12-16(23-24-17)14-4-2-5-15(21)11-14/h2,4-5,10-12H,3,6-9H2,1H3,(H2,22,23,24,28). The van der Waals surface area contributed by atoms with Gasteiger partial charge in [-0.05, 0) is 25.5 Å². The maximum atomic E-state index is 12.6. The Morgan fingerprint density at radius 1 is 1.21 bits per heavy atom. The van der Waals surface area contributed by atoms with E-state index in [0.29, 0.717) is 17.4 Å². The molecule has 9 heteroatoms. The van der Waals surface area contributed by atoms with E-state index in [1.165, 1.54) is 0 Å². The number of benzene rings is 1. The van der Waals surface area contributed by atoms with Crippen LogP contribution in [-0.4, -0.2) is 38.3 Å². The molecule has 1 aliphatic rings. The second kappa shape index (κ2) is 8.08. The first-order valence-electron chi connectivity index (χ1n) is 9.45. The zero-order valence-electron chi connectivity index (χ0n) is 16.0.